The molecule has 146 valence electrons. The first-order chi connectivity index (χ1) is 14.0. The molecule has 0 atom stereocenters. The number of nitrogens with one attached hydrogen (secondary N) is 1. The fourth-order valence-corrected chi connectivity index (χ4v) is 4.35. The molecule has 2 aromatic carbocycles. The van der Waals surface area contributed by atoms with Gasteiger partial charge in [0.25, 0.3) is 0 Å². The number of carboxylic acid groups (broad SMARTS) is 1. The maximum atomic E-state index is 12.4. The summed E-state index contributed by atoms with van der Waals surface area (Å²) in [6, 6.07) is 17.0. The van der Waals surface area contributed by atoms with Crippen LogP contribution in [0.25, 0.3) is 21.4 Å². The van der Waals surface area contributed by atoms with Gasteiger partial charge in [-0.05, 0) is 29.8 Å². The Hall–Kier alpha value is -2.90. The zero-order valence-corrected chi connectivity index (χ0v) is 17.5. The lowest BCUT2D eigenvalue weighted by atomic mass is 10.1. The summed E-state index contributed by atoms with van der Waals surface area (Å²) in [5.41, 5.74) is 2.00. The Morgan fingerprint density at radius 2 is 1.86 bits per heavy atom. The van der Waals surface area contributed by atoms with E-state index in [9.17, 15) is 14.7 Å². The third-order valence-electron chi connectivity index (χ3n) is 4.46. The lowest BCUT2D eigenvalue weighted by Crippen LogP contribution is -2.14. The Balaban J connectivity index is 1.49. The minimum absolute atomic E-state index is 0.106. The van der Waals surface area contributed by atoms with Crippen molar-refractivity contribution in [3.8, 4) is 10.4 Å². The van der Waals surface area contributed by atoms with Crippen LogP contribution in [0.3, 0.4) is 0 Å². The monoisotopic (exact) mass is 469 g/mol. The van der Waals surface area contributed by atoms with E-state index in [0.29, 0.717) is 17.0 Å². The van der Waals surface area contributed by atoms with Crippen LogP contribution >= 0.6 is 27.3 Å². The number of amides is 1. The van der Waals surface area contributed by atoms with Crippen molar-refractivity contribution in [2.24, 2.45) is 0 Å². The van der Waals surface area contributed by atoms with Gasteiger partial charge in [0, 0.05) is 28.1 Å². The fraction of sp³-hybridized carbons (Fsp3) is 0.0909. The zero-order chi connectivity index (χ0) is 20.4. The van der Waals surface area contributed by atoms with E-state index in [2.05, 4.69) is 21.2 Å². The molecule has 2 heterocycles. The van der Waals surface area contributed by atoms with Crippen LogP contribution in [0.2, 0.25) is 0 Å². The van der Waals surface area contributed by atoms with Gasteiger partial charge in [-0.15, -0.1) is 11.3 Å². The Morgan fingerprint density at radius 3 is 2.59 bits per heavy atom. The van der Waals surface area contributed by atoms with Crippen molar-refractivity contribution in [1.29, 1.82) is 0 Å². The van der Waals surface area contributed by atoms with Gasteiger partial charge in [0.1, 0.15) is 16.9 Å². The molecule has 0 aliphatic heterocycles. The first-order valence-corrected chi connectivity index (χ1v) is 10.6. The summed E-state index contributed by atoms with van der Waals surface area (Å²) in [5.74, 6) is -0.606. The summed E-state index contributed by atoms with van der Waals surface area (Å²) in [4.78, 5) is 24.9. The van der Waals surface area contributed by atoms with Gasteiger partial charge in [0.05, 0.1) is 10.6 Å². The van der Waals surface area contributed by atoms with Crippen LogP contribution in [0, 0.1) is 0 Å². The largest absolute Gasteiger partial charge is 0.478 e. The summed E-state index contributed by atoms with van der Waals surface area (Å²) in [5, 5.41) is 15.1. The number of rotatable bonds is 6. The van der Waals surface area contributed by atoms with E-state index >= 15 is 0 Å². The van der Waals surface area contributed by atoms with Crippen LogP contribution in [0.5, 0.6) is 0 Å². The maximum Gasteiger partial charge on any atom is 0.339 e. The number of para-hydroxylation sites is 1. The van der Waals surface area contributed by atoms with Crippen molar-refractivity contribution in [2.45, 2.75) is 12.8 Å². The molecule has 5 nitrogen and oxygen atoms in total. The number of hydrogen-bond donors (Lipinski definition) is 2. The van der Waals surface area contributed by atoms with Crippen LogP contribution in [-0.4, -0.2) is 17.0 Å². The number of carbonyl (C=O) groups is 2. The van der Waals surface area contributed by atoms with Crippen LogP contribution in [0.4, 0.5) is 5.69 Å². The van der Waals surface area contributed by atoms with Gasteiger partial charge in [-0.3, -0.25) is 4.79 Å². The summed E-state index contributed by atoms with van der Waals surface area (Å²) < 4.78 is 6.64. The second kappa shape index (κ2) is 8.23. The molecular weight excluding hydrogens is 454 g/mol. The van der Waals surface area contributed by atoms with Gasteiger partial charge in [0.15, 0.2) is 0 Å². The first kappa shape index (κ1) is 19.4. The van der Waals surface area contributed by atoms with Crippen LogP contribution in [0.1, 0.15) is 22.5 Å². The minimum atomic E-state index is -1.07. The highest BCUT2D eigenvalue weighted by Gasteiger charge is 2.21. The van der Waals surface area contributed by atoms with E-state index in [-0.39, 0.29) is 17.9 Å². The number of aryl methyl sites for hydroxylation is 1. The van der Waals surface area contributed by atoms with Crippen LogP contribution in [-0.2, 0) is 11.2 Å². The number of halogens is 1. The van der Waals surface area contributed by atoms with Crippen LogP contribution in [0.15, 0.2) is 68.9 Å². The zero-order valence-electron chi connectivity index (χ0n) is 15.1. The van der Waals surface area contributed by atoms with E-state index in [1.807, 2.05) is 54.6 Å². The summed E-state index contributed by atoms with van der Waals surface area (Å²) in [6.45, 7) is 0. The molecule has 7 heteroatoms. The van der Waals surface area contributed by atoms with Gasteiger partial charge in [-0.1, -0.05) is 46.3 Å². The number of carboxylic acids is 1. The number of anilines is 1. The summed E-state index contributed by atoms with van der Waals surface area (Å²) in [6.07, 6.45) is 0.634. The normalized spacial score (nSPS) is 10.9. The Labute approximate surface area is 179 Å². The summed E-state index contributed by atoms with van der Waals surface area (Å²) in [7, 11) is 0. The quantitative estimate of drug-likeness (QED) is 0.352. The molecule has 0 fully saturated rings. The van der Waals surface area contributed by atoms with Gasteiger partial charge < -0.3 is 14.8 Å². The number of furan rings is 1. The average Bonchev–Trinajstić information content (AvgIpc) is 3.30. The predicted octanol–water partition coefficient (Wildman–Crippen LogP) is 6.19. The number of thiophene rings is 1. The van der Waals surface area contributed by atoms with Gasteiger partial charge in [-0.2, -0.15) is 0 Å². The molecule has 0 saturated heterocycles. The van der Waals surface area contributed by atoms with Gasteiger partial charge >= 0.3 is 5.97 Å². The molecule has 0 unspecified atom stereocenters. The van der Waals surface area contributed by atoms with Crippen molar-refractivity contribution >= 4 is 55.8 Å². The van der Waals surface area contributed by atoms with E-state index in [1.54, 1.807) is 5.38 Å². The Kier molecular flexibility index (Phi) is 5.51. The molecular formula is C22H16BrNO4S. The van der Waals surface area contributed by atoms with Crippen LogP contribution < -0.4 is 5.32 Å². The third-order valence-corrected chi connectivity index (χ3v) is 6.02. The smallest absolute Gasteiger partial charge is 0.339 e. The van der Waals surface area contributed by atoms with Crippen molar-refractivity contribution in [3.05, 3.63) is 75.8 Å². The third kappa shape index (κ3) is 4.26. The Bertz CT molecular complexity index is 1160. The molecule has 29 heavy (non-hydrogen) atoms. The highest BCUT2D eigenvalue weighted by atomic mass is 79.9. The number of aromatic carboxylic acids is 1. The molecule has 4 rings (SSSR count). The van der Waals surface area contributed by atoms with Crippen molar-refractivity contribution in [3.63, 3.8) is 0 Å². The molecule has 2 aromatic heterocycles. The lowest BCUT2D eigenvalue weighted by Gasteiger charge is -2.06. The number of carbonyl (C=O) groups excluding carboxylic acids is 1. The number of benzene rings is 2. The molecule has 1 amide bonds. The standard InChI is InChI=1S/C22H16BrNO4S/c23-15-7-5-13(6-8-15)21-20(22(26)27)17(12-29-21)24-19(25)10-9-16-11-14-3-1-2-4-18(14)28-16/h1-8,11-12H,9-10H2,(H,24,25)(H,26,27). The molecule has 2 N–H and O–H groups in total. The van der Waals surface area contributed by atoms with Crippen molar-refractivity contribution in [2.75, 3.05) is 5.32 Å². The van der Waals surface area contributed by atoms with Crippen molar-refractivity contribution in [1.82, 2.24) is 0 Å². The fourth-order valence-electron chi connectivity index (χ4n) is 3.09. The number of fused-ring (bicyclic) bond motifs is 1. The van der Waals surface area contributed by atoms with E-state index < -0.39 is 5.97 Å². The topological polar surface area (TPSA) is 79.5 Å². The predicted molar refractivity (Wildman–Crippen MR) is 118 cm³/mol. The van der Waals surface area contributed by atoms with E-state index in [1.165, 1.54) is 11.3 Å². The minimum Gasteiger partial charge on any atom is -0.478 e. The SMILES string of the molecule is O=C(CCc1cc2ccccc2o1)Nc1csc(-c2ccc(Br)cc2)c1C(=O)O. The molecule has 4 aromatic rings. The highest BCUT2D eigenvalue weighted by molar-refractivity contribution is 9.10. The van der Waals surface area contributed by atoms with Gasteiger partial charge in [-0.25, -0.2) is 4.79 Å². The second-order valence-electron chi connectivity index (χ2n) is 6.46. The first-order valence-electron chi connectivity index (χ1n) is 8.89. The highest BCUT2D eigenvalue weighted by Crippen LogP contribution is 2.36. The average molecular weight is 470 g/mol. The molecule has 0 aliphatic carbocycles. The molecule has 0 bridgehead atoms. The second-order valence-corrected chi connectivity index (χ2v) is 8.26. The van der Waals surface area contributed by atoms with E-state index in [0.717, 1.165) is 26.8 Å². The van der Waals surface area contributed by atoms with E-state index in [4.69, 9.17) is 4.42 Å². The molecule has 0 spiro atoms. The Morgan fingerprint density at radius 1 is 1.10 bits per heavy atom. The molecule has 0 aliphatic rings. The molecule has 0 radical (unpaired) electrons. The van der Waals surface area contributed by atoms with Crippen molar-refractivity contribution < 1.29 is 19.1 Å². The molecule has 0 saturated carbocycles. The van der Waals surface area contributed by atoms with Gasteiger partial charge in [0.2, 0.25) is 5.91 Å². The number of hydrogen-bond acceptors (Lipinski definition) is 4. The maximum absolute atomic E-state index is 12.4. The lowest BCUT2D eigenvalue weighted by molar-refractivity contribution is -0.116. The summed E-state index contributed by atoms with van der Waals surface area (Å²) >= 11 is 4.67.